The Morgan fingerprint density at radius 3 is 2.53 bits per heavy atom. The lowest BCUT2D eigenvalue weighted by molar-refractivity contribution is 1.18. The smallest absolute Gasteiger partial charge is 0.181 e. The maximum atomic E-state index is 11.4. The van der Waals surface area contributed by atoms with E-state index in [0.29, 0.717) is 0 Å². The molecular weight excluding hydrogens is 204 g/mol. The van der Waals surface area contributed by atoms with Gasteiger partial charge in [0.1, 0.15) is 0 Å². The molecule has 0 radical (unpaired) electrons. The molecule has 1 nitrogen and oxygen atoms in total. The molecule has 1 aromatic carbocycles. The summed E-state index contributed by atoms with van der Waals surface area (Å²) in [5.41, 5.74) is 1.22. The summed E-state index contributed by atoms with van der Waals surface area (Å²) in [7, 11) is 0. The number of benzene rings is 1. The summed E-state index contributed by atoms with van der Waals surface area (Å²) in [6, 6.07) is 13.5. The van der Waals surface area contributed by atoms with Crippen LogP contribution in [0.3, 0.4) is 0 Å². The standard InChI is InChI=1S/C13H12OS/c1-2-12-8-11(14)9-13(15-12)10-6-4-3-5-7-10/h3-9H,2H2,1H3. The van der Waals surface area contributed by atoms with Crippen molar-refractivity contribution in [1.82, 2.24) is 0 Å². The van der Waals surface area contributed by atoms with E-state index in [9.17, 15) is 4.79 Å². The molecule has 2 aromatic rings. The van der Waals surface area contributed by atoms with Gasteiger partial charge in [-0.3, -0.25) is 4.79 Å². The van der Waals surface area contributed by atoms with Gasteiger partial charge in [-0.15, -0.1) is 11.3 Å². The van der Waals surface area contributed by atoms with Gasteiger partial charge in [0.05, 0.1) is 0 Å². The van der Waals surface area contributed by atoms with Crippen LogP contribution in [0.4, 0.5) is 0 Å². The van der Waals surface area contributed by atoms with Gasteiger partial charge >= 0.3 is 0 Å². The van der Waals surface area contributed by atoms with E-state index in [4.69, 9.17) is 0 Å². The molecule has 2 heteroatoms. The number of hydrogen-bond acceptors (Lipinski definition) is 2. The highest BCUT2D eigenvalue weighted by molar-refractivity contribution is 7.15. The molecule has 1 aromatic heterocycles. The maximum Gasteiger partial charge on any atom is 0.181 e. The van der Waals surface area contributed by atoms with E-state index in [2.05, 4.69) is 6.92 Å². The third-order valence-corrected chi connectivity index (χ3v) is 3.47. The second-order valence-electron chi connectivity index (χ2n) is 3.34. The van der Waals surface area contributed by atoms with Gasteiger partial charge in [-0.1, -0.05) is 37.3 Å². The largest absolute Gasteiger partial charge is 0.290 e. The SMILES string of the molecule is CCc1cc(=O)cc(-c2ccccc2)s1. The Balaban J connectivity index is 2.54. The molecule has 1 heterocycles. The molecule has 0 aliphatic carbocycles. The first-order valence-corrected chi connectivity index (χ1v) is 5.80. The van der Waals surface area contributed by atoms with Gasteiger partial charge < -0.3 is 0 Å². The van der Waals surface area contributed by atoms with Crippen molar-refractivity contribution in [3.05, 3.63) is 57.6 Å². The van der Waals surface area contributed by atoms with Crippen molar-refractivity contribution in [1.29, 1.82) is 0 Å². The zero-order valence-corrected chi connectivity index (χ0v) is 9.38. The molecule has 0 N–H and O–H groups in total. The highest BCUT2D eigenvalue weighted by atomic mass is 32.1. The second kappa shape index (κ2) is 4.41. The first kappa shape index (κ1) is 10.1. The summed E-state index contributed by atoms with van der Waals surface area (Å²) in [6.45, 7) is 2.07. The molecule has 0 unspecified atom stereocenters. The maximum absolute atomic E-state index is 11.4. The first-order chi connectivity index (χ1) is 7.29. The van der Waals surface area contributed by atoms with Crippen molar-refractivity contribution < 1.29 is 0 Å². The highest BCUT2D eigenvalue weighted by Crippen LogP contribution is 2.24. The monoisotopic (exact) mass is 216 g/mol. The summed E-state index contributed by atoms with van der Waals surface area (Å²) >= 11 is 1.69. The quantitative estimate of drug-likeness (QED) is 0.752. The van der Waals surface area contributed by atoms with Crippen LogP contribution in [0.1, 0.15) is 11.8 Å². The molecule has 0 amide bonds. The van der Waals surface area contributed by atoms with Gasteiger partial charge in [-0.05, 0) is 18.1 Å². The van der Waals surface area contributed by atoms with Crippen molar-refractivity contribution in [2.45, 2.75) is 13.3 Å². The van der Waals surface area contributed by atoms with Gasteiger partial charge in [0.25, 0.3) is 0 Å². The van der Waals surface area contributed by atoms with Crippen LogP contribution in [-0.2, 0) is 6.42 Å². The molecule has 0 atom stereocenters. The van der Waals surface area contributed by atoms with E-state index in [1.165, 1.54) is 0 Å². The van der Waals surface area contributed by atoms with E-state index in [-0.39, 0.29) is 5.43 Å². The molecule has 0 aliphatic heterocycles. The molecule has 0 bridgehead atoms. The van der Waals surface area contributed by atoms with Crippen molar-refractivity contribution in [3.63, 3.8) is 0 Å². The van der Waals surface area contributed by atoms with Gasteiger partial charge in [0.2, 0.25) is 0 Å². The van der Waals surface area contributed by atoms with Crippen LogP contribution in [0.2, 0.25) is 0 Å². The average molecular weight is 216 g/mol. The second-order valence-corrected chi connectivity index (χ2v) is 4.51. The number of aryl methyl sites for hydroxylation is 1. The summed E-state index contributed by atoms with van der Waals surface area (Å²) in [6.07, 6.45) is 0.917. The fraction of sp³-hybridized carbons (Fsp3) is 0.154. The zero-order chi connectivity index (χ0) is 10.7. The Kier molecular flexibility index (Phi) is 2.97. The van der Waals surface area contributed by atoms with Crippen LogP contribution in [0.25, 0.3) is 10.4 Å². The predicted molar refractivity (Wildman–Crippen MR) is 65.4 cm³/mol. The van der Waals surface area contributed by atoms with Crippen molar-refractivity contribution in [2.24, 2.45) is 0 Å². The van der Waals surface area contributed by atoms with Crippen molar-refractivity contribution in [2.75, 3.05) is 0 Å². The lowest BCUT2D eigenvalue weighted by Gasteiger charge is -2.01. The molecule has 0 fully saturated rings. The van der Waals surface area contributed by atoms with E-state index >= 15 is 0 Å². The van der Waals surface area contributed by atoms with E-state index in [1.54, 1.807) is 23.5 Å². The van der Waals surface area contributed by atoms with E-state index in [1.807, 2.05) is 30.3 Å². The molecule has 0 spiro atoms. The zero-order valence-electron chi connectivity index (χ0n) is 8.57. The summed E-state index contributed by atoms with van der Waals surface area (Å²) in [5, 5.41) is 0. The minimum absolute atomic E-state index is 0.101. The molecule has 0 saturated carbocycles. The Bertz CT molecular complexity index is 499. The van der Waals surface area contributed by atoms with Crippen LogP contribution in [0, 0.1) is 0 Å². The third kappa shape index (κ3) is 2.34. The van der Waals surface area contributed by atoms with Crippen LogP contribution >= 0.6 is 11.3 Å². The minimum atomic E-state index is 0.101. The molecular formula is C13H12OS. The minimum Gasteiger partial charge on any atom is -0.290 e. The third-order valence-electron chi connectivity index (χ3n) is 2.22. The van der Waals surface area contributed by atoms with Gasteiger partial charge in [-0.25, -0.2) is 0 Å². The van der Waals surface area contributed by atoms with Crippen molar-refractivity contribution in [3.8, 4) is 10.4 Å². The Morgan fingerprint density at radius 1 is 1.13 bits per heavy atom. The van der Waals surface area contributed by atoms with E-state index in [0.717, 1.165) is 21.7 Å². The van der Waals surface area contributed by atoms with Gasteiger partial charge in [0.15, 0.2) is 5.43 Å². The predicted octanol–water partition coefficient (Wildman–Crippen LogP) is 3.34. The van der Waals surface area contributed by atoms with Gasteiger partial charge in [0, 0.05) is 15.8 Å². The van der Waals surface area contributed by atoms with E-state index < -0.39 is 0 Å². The Labute approximate surface area is 93.0 Å². The highest BCUT2D eigenvalue weighted by Gasteiger charge is 2.01. The summed E-state index contributed by atoms with van der Waals surface area (Å²) < 4.78 is 0. The fourth-order valence-electron chi connectivity index (χ4n) is 1.45. The van der Waals surface area contributed by atoms with Crippen LogP contribution in [-0.4, -0.2) is 0 Å². The fourth-order valence-corrected chi connectivity index (χ4v) is 2.48. The summed E-state index contributed by atoms with van der Waals surface area (Å²) in [5.74, 6) is 0. The molecule has 0 aliphatic rings. The number of rotatable bonds is 2. The molecule has 2 rings (SSSR count). The lowest BCUT2D eigenvalue weighted by Crippen LogP contribution is -1.97. The van der Waals surface area contributed by atoms with Gasteiger partial charge in [-0.2, -0.15) is 0 Å². The Morgan fingerprint density at radius 2 is 1.87 bits per heavy atom. The number of hydrogen-bond donors (Lipinski definition) is 0. The Hall–Kier alpha value is -1.41. The molecule has 76 valence electrons. The first-order valence-electron chi connectivity index (χ1n) is 4.99. The van der Waals surface area contributed by atoms with Crippen LogP contribution in [0.15, 0.2) is 47.3 Å². The van der Waals surface area contributed by atoms with Crippen LogP contribution in [0.5, 0.6) is 0 Å². The molecule has 15 heavy (non-hydrogen) atoms. The van der Waals surface area contributed by atoms with Crippen molar-refractivity contribution >= 4 is 11.3 Å². The molecule has 0 saturated heterocycles. The summed E-state index contributed by atoms with van der Waals surface area (Å²) in [4.78, 5) is 13.6. The topological polar surface area (TPSA) is 17.1 Å². The normalized spacial score (nSPS) is 10.2. The average Bonchev–Trinajstić information content (AvgIpc) is 2.29. The lowest BCUT2D eigenvalue weighted by atomic mass is 10.2. The van der Waals surface area contributed by atoms with Crippen LogP contribution < -0.4 is 5.43 Å².